The molecule has 2 N–H and O–H groups in total. The Kier molecular flexibility index (Phi) is 5.67. The Labute approximate surface area is 187 Å². The second kappa shape index (κ2) is 8.77. The Morgan fingerprint density at radius 2 is 1.73 bits per heavy atom. The molecule has 5 heterocycles. The quantitative estimate of drug-likeness (QED) is 0.618. The topological polar surface area (TPSA) is 106 Å². The highest BCUT2D eigenvalue weighted by molar-refractivity contribution is 5.76. The number of nitrogen functional groups attached to an aromatic ring is 1. The fourth-order valence-electron chi connectivity index (χ4n) is 3.99. The van der Waals surface area contributed by atoms with Crippen LogP contribution in [0.25, 0.3) is 11.3 Å². The van der Waals surface area contributed by atoms with Gasteiger partial charge < -0.3 is 20.3 Å². The summed E-state index contributed by atoms with van der Waals surface area (Å²) in [4.78, 5) is 25.6. The van der Waals surface area contributed by atoms with Crippen LogP contribution in [0.3, 0.4) is 0 Å². The van der Waals surface area contributed by atoms with E-state index in [2.05, 4.69) is 15.0 Å². The summed E-state index contributed by atoms with van der Waals surface area (Å²) in [5.41, 5.74) is 8.17. The molecule has 1 unspecified atom stereocenters. The third-order valence-electron chi connectivity index (χ3n) is 5.65. The number of halogens is 3. The van der Waals surface area contributed by atoms with Crippen LogP contribution in [0.4, 0.5) is 36.6 Å². The van der Waals surface area contributed by atoms with Gasteiger partial charge in [0.1, 0.15) is 5.82 Å². The Morgan fingerprint density at radius 3 is 2.45 bits per heavy atom. The Bertz CT molecular complexity index is 1140. The van der Waals surface area contributed by atoms with Crippen LogP contribution in [0.15, 0.2) is 30.9 Å². The van der Waals surface area contributed by atoms with Gasteiger partial charge >= 0.3 is 0 Å². The van der Waals surface area contributed by atoms with Crippen molar-refractivity contribution in [3.8, 4) is 11.3 Å². The van der Waals surface area contributed by atoms with Crippen LogP contribution in [0, 0.1) is 0 Å². The first-order valence-corrected chi connectivity index (χ1v) is 10.5. The van der Waals surface area contributed by atoms with Gasteiger partial charge in [-0.1, -0.05) is 0 Å². The number of alkyl halides is 3. The van der Waals surface area contributed by atoms with Crippen LogP contribution in [0.5, 0.6) is 0 Å². The first-order valence-electron chi connectivity index (χ1n) is 10.5. The number of nitrogens with zero attached hydrogens (tertiary/aromatic N) is 7. The second-order valence-electron chi connectivity index (χ2n) is 7.72. The van der Waals surface area contributed by atoms with E-state index in [0.717, 1.165) is 11.8 Å². The summed E-state index contributed by atoms with van der Waals surface area (Å²) in [5, 5.41) is 0. The summed E-state index contributed by atoms with van der Waals surface area (Å²) in [6.07, 6.45) is 0.907. The fraction of sp³-hybridized carbons (Fsp3) is 0.381. The molecule has 1 fully saturated rings. The number of nitrogens with two attached hydrogens (primary N) is 1. The zero-order valence-electron chi connectivity index (χ0n) is 17.5. The average molecular weight is 458 g/mol. The molecular weight excluding hydrogens is 437 g/mol. The summed E-state index contributed by atoms with van der Waals surface area (Å²) in [6, 6.07) is 1.39. The van der Waals surface area contributed by atoms with Gasteiger partial charge in [-0.05, 0) is 12.5 Å². The highest BCUT2D eigenvalue weighted by atomic mass is 19.3. The lowest BCUT2D eigenvalue weighted by atomic mass is 10.1. The van der Waals surface area contributed by atoms with Crippen molar-refractivity contribution in [2.75, 3.05) is 48.4 Å². The van der Waals surface area contributed by atoms with Crippen LogP contribution in [0.2, 0.25) is 0 Å². The number of pyridine rings is 1. The van der Waals surface area contributed by atoms with Gasteiger partial charge in [0.25, 0.3) is 6.43 Å². The van der Waals surface area contributed by atoms with Crippen molar-refractivity contribution in [3.05, 3.63) is 42.0 Å². The molecule has 1 saturated heterocycles. The summed E-state index contributed by atoms with van der Waals surface area (Å²) in [7, 11) is 0. The maximum Gasteiger partial charge on any atom is 0.273 e. The summed E-state index contributed by atoms with van der Waals surface area (Å²) in [6.45, 7) is 2.89. The number of morpholine rings is 1. The summed E-state index contributed by atoms with van der Waals surface area (Å²) >= 11 is 0. The predicted molar refractivity (Wildman–Crippen MR) is 115 cm³/mol. The van der Waals surface area contributed by atoms with Crippen LogP contribution in [0.1, 0.15) is 17.3 Å². The van der Waals surface area contributed by atoms with Gasteiger partial charge in [0.2, 0.25) is 11.9 Å². The smallest absolute Gasteiger partial charge is 0.273 e. The van der Waals surface area contributed by atoms with Gasteiger partial charge in [-0.15, -0.1) is 0 Å². The average Bonchev–Trinajstić information content (AvgIpc) is 3.28. The number of fused-ring (bicyclic) bond motifs is 1. The van der Waals surface area contributed by atoms with Gasteiger partial charge in [0.15, 0.2) is 6.17 Å². The van der Waals surface area contributed by atoms with E-state index < -0.39 is 12.6 Å². The van der Waals surface area contributed by atoms with Crippen molar-refractivity contribution in [3.63, 3.8) is 0 Å². The van der Waals surface area contributed by atoms with Crippen molar-refractivity contribution >= 4 is 23.4 Å². The van der Waals surface area contributed by atoms with E-state index >= 15 is 0 Å². The molecular formula is C21H21F3N8O. The highest BCUT2D eigenvalue weighted by Crippen LogP contribution is 2.39. The summed E-state index contributed by atoms with van der Waals surface area (Å²) in [5.74, 6) is 1.28. The molecule has 2 aliphatic heterocycles. The highest BCUT2D eigenvalue weighted by Gasteiger charge is 2.30. The number of rotatable bonds is 5. The molecule has 0 amide bonds. The molecule has 0 bridgehead atoms. The molecule has 3 aromatic rings. The maximum atomic E-state index is 14.0. The molecule has 0 aromatic carbocycles. The van der Waals surface area contributed by atoms with Gasteiger partial charge in [0, 0.05) is 54.9 Å². The van der Waals surface area contributed by atoms with Crippen LogP contribution >= 0.6 is 0 Å². The Morgan fingerprint density at radius 1 is 0.970 bits per heavy atom. The minimum absolute atomic E-state index is 0.155. The molecule has 1 atom stereocenters. The lowest BCUT2D eigenvalue weighted by molar-refractivity contribution is 0.0494. The first-order chi connectivity index (χ1) is 16.0. The molecule has 33 heavy (non-hydrogen) atoms. The van der Waals surface area contributed by atoms with E-state index in [-0.39, 0.29) is 11.5 Å². The van der Waals surface area contributed by atoms with Crippen molar-refractivity contribution in [1.29, 1.82) is 0 Å². The minimum atomic E-state index is -3.12. The Hall–Kier alpha value is -3.54. The number of aromatic nitrogens is 5. The van der Waals surface area contributed by atoms with Gasteiger partial charge in [-0.3, -0.25) is 4.98 Å². The monoisotopic (exact) mass is 458 g/mol. The second-order valence-corrected chi connectivity index (χ2v) is 7.72. The minimum Gasteiger partial charge on any atom is -0.378 e. The normalized spacial score (nSPS) is 16.8. The SMILES string of the molecule is Nc1ncc(-c2nc(N3CCOCC3)nc3c2CCN3c2cncc(C(F)C(F)F)c2)cn1. The fourth-order valence-corrected chi connectivity index (χ4v) is 3.99. The lowest BCUT2D eigenvalue weighted by Gasteiger charge is -2.28. The third kappa shape index (κ3) is 4.13. The molecule has 0 spiro atoms. The molecule has 0 saturated carbocycles. The lowest BCUT2D eigenvalue weighted by Crippen LogP contribution is -2.37. The van der Waals surface area contributed by atoms with Gasteiger partial charge in [-0.2, -0.15) is 4.98 Å². The van der Waals surface area contributed by atoms with Gasteiger partial charge in [-0.25, -0.2) is 28.1 Å². The zero-order valence-corrected chi connectivity index (χ0v) is 17.5. The van der Waals surface area contributed by atoms with E-state index in [1.54, 1.807) is 12.4 Å². The summed E-state index contributed by atoms with van der Waals surface area (Å²) < 4.78 is 45.2. The van der Waals surface area contributed by atoms with E-state index in [0.29, 0.717) is 68.0 Å². The number of ether oxygens (including phenoxy) is 1. The van der Waals surface area contributed by atoms with Crippen molar-refractivity contribution in [2.45, 2.75) is 19.0 Å². The zero-order chi connectivity index (χ0) is 22.9. The molecule has 2 aliphatic rings. The van der Waals surface area contributed by atoms with Crippen LogP contribution in [-0.4, -0.2) is 64.2 Å². The largest absolute Gasteiger partial charge is 0.378 e. The van der Waals surface area contributed by atoms with Gasteiger partial charge in [0.05, 0.1) is 30.8 Å². The van der Waals surface area contributed by atoms with E-state index in [9.17, 15) is 13.2 Å². The van der Waals surface area contributed by atoms with E-state index in [1.807, 2.05) is 9.80 Å². The number of hydrogen-bond donors (Lipinski definition) is 1. The third-order valence-corrected chi connectivity index (χ3v) is 5.65. The van der Waals surface area contributed by atoms with E-state index in [1.165, 1.54) is 12.3 Å². The Balaban J connectivity index is 1.60. The van der Waals surface area contributed by atoms with Crippen molar-refractivity contribution in [2.24, 2.45) is 0 Å². The molecule has 0 aliphatic carbocycles. The number of anilines is 4. The maximum absolute atomic E-state index is 14.0. The first kappa shape index (κ1) is 21.3. The van der Waals surface area contributed by atoms with Crippen molar-refractivity contribution in [1.82, 2.24) is 24.9 Å². The number of hydrogen-bond acceptors (Lipinski definition) is 9. The molecule has 172 valence electrons. The van der Waals surface area contributed by atoms with Crippen molar-refractivity contribution < 1.29 is 17.9 Å². The van der Waals surface area contributed by atoms with Crippen LogP contribution in [-0.2, 0) is 11.2 Å². The molecule has 9 nitrogen and oxygen atoms in total. The van der Waals surface area contributed by atoms with Crippen LogP contribution < -0.4 is 15.5 Å². The molecule has 5 rings (SSSR count). The van der Waals surface area contributed by atoms with E-state index in [4.69, 9.17) is 20.4 Å². The molecule has 3 aromatic heterocycles. The molecule has 12 heteroatoms. The standard InChI is InChI=1S/C21H21F3N8O/c22-16(18(23)24)12-7-14(11-26-8-12)32-2-1-15-17(13-9-27-20(25)28-10-13)29-21(30-19(15)32)31-3-5-33-6-4-31/h7-11,16,18H,1-6H2,(H2,25,27,28). The molecule has 0 radical (unpaired) electrons. The predicted octanol–water partition coefficient (Wildman–Crippen LogP) is 2.72.